The van der Waals surface area contributed by atoms with E-state index in [0.29, 0.717) is 37.6 Å². The van der Waals surface area contributed by atoms with E-state index in [1.165, 1.54) is 0 Å². The molecule has 1 amide bonds. The zero-order chi connectivity index (χ0) is 19.2. The molecule has 1 atom stereocenters. The monoisotopic (exact) mass is 371 g/mol. The highest BCUT2D eigenvalue weighted by molar-refractivity contribution is 5.76. The average molecular weight is 371 g/mol. The van der Waals surface area contributed by atoms with Crippen LogP contribution in [0.3, 0.4) is 0 Å². The highest BCUT2D eigenvalue weighted by Gasteiger charge is 2.16. The van der Waals surface area contributed by atoms with Crippen LogP contribution in [0.25, 0.3) is 0 Å². The predicted octanol–water partition coefficient (Wildman–Crippen LogP) is 3.29. The Balaban J connectivity index is 1.56. The zero-order valence-corrected chi connectivity index (χ0v) is 15.9. The van der Waals surface area contributed by atoms with E-state index < -0.39 is 0 Å². The molecular formula is C21H25NO5. The van der Waals surface area contributed by atoms with Gasteiger partial charge in [-0.15, -0.1) is 0 Å². The first-order valence-corrected chi connectivity index (χ1v) is 9.00. The first-order valence-electron chi connectivity index (χ1n) is 9.00. The summed E-state index contributed by atoms with van der Waals surface area (Å²) in [6, 6.07) is 11.3. The normalized spacial score (nSPS) is 13.6. The Morgan fingerprint density at radius 3 is 2.52 bits per heavy atom. The van der Waals surface area contributed by atoms with Crippen LogP contribution in [0.4, 0.5) is 0 Å². The summed E-state index contributed by atoms with van der Waals surface area (Å²) in [7, 11) is 3.20. The summed E-state index contributed by atoms with van der Waals surface area (Å²) in [6.07, 6.45) is 1.02. The second-order valence-electron chi connectivity index (χ2n) is 6.38. The second kappa shape index (κ2) is 8.66. The van der Waals surface area contributed by atoms with E-state index in [1.807, 2.05) is 43.3 Å². The molecule has 0 unspecified atom stereocenters. The van der Waals surface area contributed by atoms with Crippen LogP contribution >= 0.6 is 0 Å². The van der Waals surface area contributed by atoms with E-state index in [9.17, 15) is 4.79 Å². The van der Waals surface area contributed by atoms with Crippen LogP contribution in [0.5, 0.6) is 23.0 Å². The number of benzene rings is 2. The van der Waals surface area contributed by atoms with Crippen molar-refractivity contribution in [2.45, 2.75) is 25.8 Å². The lowest BCUT2D eigenvalue weighted by molar-refractivity contribution is -0.121. The molecule has 27 heavy (non-hydrogen) atoms. The van der Waals surface area contributed by atoms with Crippen molar-refractivity contribution in [1.82, 2.24) is 5.32 Å². The molecule has 6 heteroatoms. The second-order valence-corrected chi connectivity index (χ2v) is 6.38. The van der Waals surface area contributed by atoms with Crippen LogP contribution in [0.1, 0.15) is 30.5 Å². The van der Waals surface area contributed by atoms with Gasteiger partial charge in [0.15, 0.2) is 23.0 Å². The number of fused-ring (bicyclic) bond motifs is 1. The van der Waals surface area contributed by atoms with Gasteiger partial charge in [-0.1, -0.05) is 12.1 Å². The molecule has 144 valence electrons. The van der Waals surface area contributed by atoms with Crippen molar-refractivity contribution in [3.05, 3.63) is 47.5 Å². The van der Waals surface area contributed by atoms with Gasteiger partial charge in [0.1, 0.15) is 13.2 Å². The van der Waals surface area contributed by atoms with Crippen molar-refractivity contribution >= 4 is 5.91 Å². The number of methoxy groups -OCH3 is 2. The maximum absolute atomic E-state index is 12.3. The van der Waals surface area contributed by atoms with Gasteiger partial charge in [0, 0.05) is 6.42 Å². The average Bonchev–Trinajstić information content (AvgIpc) is 2.71. The Bertz CT molecular complexity index is 805. The Kier molecular flexibility index (Phi) is 6.06. The highest BCUT2D eigenvalue weighted by atomic mass is 16.6. The standard InChI is InChI=1S/C21H25NO5/c1-14(16-6-8-18-20(13-16)27-11-10-26-18)22-21(23)9-5-15-4-7-17(24-2)19(12-15)25-3/h4,6-8,12-14H,5,9-11H2,1-3H3,(H,22,23)/t14-/m0/s1. The van der Waals surface area contributed by atoms with Crippen molar-refractivity contribution < 1.29 is 23.7 Å². The van der Waals surface area contributed by atoms with Crippen LogP contribution in [0, 0.1) is 0 Å². The number of aryl methyl sites for hydroxylation is 1. The van der Waals surface area contributed by atoms with Gasteiger partial charge in [0.05, 0.1) is 20.3 Å². The molecule has 0 aliphatic carbocycles. The third-order valence-corrected chi connectivity index (χ3v) is 4.53. The van der Waals surface area contributed by atoms with Gasteiger partial charge in [-0.2, -0.15) is 0 Å². The molecule has 0 radical (unpaired) electrons. The third-order valence-electron chi connectivity index (χ3n) is 4.53. The molecule has 1 N–H and O–H groups in total. The number of nitrogens with one attached hydrogen (secondary N) is 1. The maximum Gasteiger partial charge on any atom is 0.220 e. The minimum absolute atomic E-state index is 0.00725. The molecule has 1 aliphatic heterocycles. The predicted molar refractivity (Wildman–Crippen MR) is 102 cm³/mol. The van der Waals surface area contributed by atoms with Crippen LogP contribution in [-0.4, -0.2) is 33.3 Å². The van der Waals surface area contributed by atoms with Crippen molar-refractivity contribution in [3.63, 3.8) is 0 Å². The topological polar surface area (TPSA) is 66.0 Å². The first-order chi connectivity index (χ1) is 13.1. The third kappa shape index (κ3) is 4.64. The molecule has 0 spiro atoms. The lowest BCUT2D eigenvalue weighted by atomic mass is 10.1. The fraction of sp³-hybridized carbons (Fsp3) is 0.381. The van der Waals surface area contributed by atoms with Gasteiger partial charge < -0.3 is 24.3 Å². The summed E-state index contributed by atoms with van der Waals surface area (Å²) in [6.45, 7) is 3.07. The van der Waals surface area contributed by atoms with Crippen molar-refractivity contribution in [3.8, 4) is 23.0 Å². The number of hydrogen-bond acceptors (Lipinski definition) is 5. The maximum atomic E-state index is 12.3. The van der Waals surface area contributed by atoms with E-state index in [4.69, 9.17) is 18.9 Å². The molecule has 1 aliphatic rings. The number of amides is 1. The molecular weight excluding hydrogens is 346 g/mol. The van der Waals surface area contributed by atoms with Gasteiger partial charge in [-0.25, -0.2) is 0 Å². The van der Waals surface area contributed by atoms with Gasteiger partial charge >= 0.3 is 0 Å². The lowest BCUT2D eigenvalue weighted by Crippen LogP contribution is -2.27. The summed E-state index contributed by atoms with van der Waals surface area (Å²) in [5, 5.41) is 3.03. The minimum Gasteiger partial charge on any atom is -0.493 e. The van der Waals surface area contributed by atoms with E-state index in [-0.39, 0.29) is 11.9 Å². The summed E-state index contributed by atoms with van der Waals surface area (Å²) in [5.41, 5.74) is 2.01. The highest BCUT2D eigenvalue weighted by Crippen LogP contribution is 2.32. The summed E-state index contributed by atoms with van der Waals surface area (Å²) in [4.78, 5) is 12.3. The molecule has 2 aromatic rings. The smallest absolute Gasteiger partial charge is 0.220 e. The quantitative estimate of drug-likeness (QED) is 0.809. The van der Waals surface area contributed by atoms with Crippen molar-refractivity contribution in [1.29, 1.82) is 0 Å². The van der Waals surface area contributed by atoms with Crippen molar-refractivity contribution in [2.24, 2.45) is 0 Å². The first kappa shape index (κ1) is 18.9. The van der Waals surface area contributed by atoms with Crippen LogP contribution in [0.15, 0.2) is 36.4 Å². The van der Waals surface area contributed by atoms with E-state index in [0.717, 1.165) is 22.6 Å². The van der Waals surface area contributed by atoms with Gasteiger partial charge in [0.25, 0.3) is 0 Å². The van der Waals surface area contributed by atoms with Crippen molar-refractivity contribution in [2.75, 3.05) is 27.4 Å². The van der Waals surface area contributed by atoms with E-state index in [1.54, 1.807) is 14.2 Å². The molecule has 0 fully saturated rings. The molecule has 2 aromatic carbocycles. The van der Waals surface area contributed by atoms with E-state index >= 15 is 0 Å². The number of carbonyl (C=O) groups excluding carboxylic acids is 1. The fourth-order valence-corrected chi connectivity index (χ4v) is 3.02. The Morgan fingerprint density at radius 1 is 1.04 bits per heavy atom. The van der Waals surface area contributed by atoms with Gasteiger partial charge in [0.2, 0.25) is 5.91 Å². The minimum atomic E-state index is -0.112. The lowest BCUT2D eigenvalue weighted by Gasteiger charge is -2.21. The Hall–Kier alpha value is -2.89. The number of ether oxygens (including phenoxy) is 4. The molecule has 6 nitrogen and oxygen atoms in total. The number of hydrogen-bond donors (Lipinski definition) is 1. The SMILES string of the molecule is COc1ccc(CCC(=O)N[C@@H](C)c2ccc3c(c2)OCCO3)cc1OC. The summed E-state index contributed by atoms with van der Waals surface area (Å²) >= 11 is 0. The molecule has 0 saturated carbocycles. The summed E-state index contributed by atoms with van der Waals surface area (Å²) < 4.78 is 21.7. The van der Waals surface area contributed by atoms with Crippen LogP contribution in [0.2, 0.25) is 0 Å². The number of rotatable bonds is 7. The molecule has 3 rings (SSSR count). The Labute approximate surface area is 159 Å². The zero-order valence-electron chi connectivity index (χ0n) is 15.9. The summed E-state index contributed by atoms with van der Waals surface area (Å²) in [5.74, 6) is 2.81. The molecule has 0 saturated heterocycles. The molecule has 0 aromatic heterocycles. The van der Waals surface area contributed by atoms with Gasteiger partial charge in [-0.3, -0.25) is 4.79 Å². The van der Waals surface area contributed by atoms with E-state index in [2.05, 4.69) is 5.32 Å². The Morgan fingerprint density at radius 2 is 1.78 bits per heavy atom. The van der Waals surface area contributed by atoms with Crippen LogP contribution < -0.4 is 24.3 Å². The largest absolute Gasteiger partial charge is 0.493 e. The molecule has 0 bridgehead atoms. The number of carbonyl (C=O) groups is 1. The fourth-order valence-electron chi connectivity index (χ4n) is 3.02. The van der Waals surface area contributed by atoms with Gasteiger partial charge in [-0.05, 0) is 48.7 Å². The van der Waals surface area contributed by atoms with Crippen LogP contribution in [-0.2, 0) is 11.2 Å². The molecule has 1 heterocycles.